The topological polar surface area (TPSA) is 65.5 Å². The molecule has 6 heteroatoms. The average Bonchev–Trinajstić information content (AvgIpc) is 3.59. The molecule has 2 unspecified atom stereocenters. The Balaban J connectivity index is 1.17. The zero-order chi connectivity index (χ0) is 24.4. The number of amides is 2. The van der Waals surface area contributed by atoms with E-state index in [2.05, 4.69) is 39.5 Å². The number of nitrogens with zero attached hydrogens (tertiary/aromatic N) is 3. The van der Waals surface area contributed by atoms with E-state index in [-0.39, 0.29) is 23.8 Å². The average molecular weight is 475 g/mol. The highest BCUT2D eigenvalue weighted by molar-refractivity contribution is 5.96. The van der Waals surface area contributed by atoms with Crippen LogP contribution in [0.4, 0.5) is 0 Å². The normalized spacial score (nSPS) is 23.4. The number of hydrogen-bond acceptors (Lipinski definition) is 4. The summed E-state index contributed by atoms with van der Waals surface area (Å²) >= 11 is 0. The van der Waals surface area contributed by atoms with Crippen LogP contribution in [0.15, 0.2) is 42.6 Å². The van der Waals surface area contributed by atoms with Gasteiger partial charge in [0.05, 0.1) is 17.3 Å². The van der Waals surface area contributed by atoms with Crippen molar-refractivity contribution in [1.82, 2.24) is 20.1 Å². The van der Waals surface area contributed by atoms with Crippen molar-refractivity contribution in [2.45, 2.75) is 52.0 Å². The van der Waals surface area contributed by atoms with Gasteiger partial charge in [-0.1, -0.05) is 43.2 Å². The Morgan fingerprint density at radius 2 is 1.69 bits per heavy atom. The van der Waals surface area contributed by atoms with Gasteiger partial charge in [-0.15, -0.1) is 0 Å². The SMILES string of the molecule is Cc1ccnc(C)c1C(=O)N1CC2CN(CCC(NC(=O)C3CCCC3)c3ccccc3)C[C@H]2C1. The monoisotopic (exact) mass is 474 g/mol. The molecule has 5 rings (SSSR count). The minimum absolute atomic E-state index is 0.0550. The highest BCUT2D eigenvalue weighted by atomic mass is 16.2. The molecule has 0 radical (unpaired) electrons. The first-order chi connectivity index (χ1) is 17.0. The van der Waals surface area contributed by atoms with Crippen LogP contribution in [0.1, 0.15) is 65.3 Å². The van der Waals surface area contributed by atoms with Gasteiger partial charge in [-0.25, -0.2) is 0 Å². The summed E-state index contributed by atoms with van der Waals surface area (Å²) in [5.74, 6) is 1.60. The van der Waals surface area contributed by atoms with Crippen LogP contribution in [-0.2, 0) is 4.79 Å². The summed E-state index contributed by atoms with van der Waals surface area (Å²) in [6, 6.07) is 12.4. The van der Waals surface area contributed by atoms with Crippen molar-refractivity contribution in [1.29, 1.82) is 0 Å². The molecule has 0 bridgehead atoms. The molecule has 3 heterocycles. The number of aromatic nitrogens is 1. The summed E-state index contributed by atoms with van der Waals surface area (Å²) in [5, 5.41) is 3.38. The molecule has 2 aliphatic heterocycles. The number of hydrogen-bond donors (Lipinski definition) is 1. The zero-order valence-corrected chi connectivity index (χ0v) is 21.1. The fraction of sp³-hybridized carbons (Fsp3) is 0.552. The standard InChI is InChI=1S/C29H38N4O2/c1-20-12-14-30-21(2)27(20)29(35)33-18-24-16-32(17-25(24)19-33)15-13-26(22-8-4-3-5-9-22)31-28(34)23-10-6-7-11-23/h3-5,8-9,12,14,23-26H,6-7,10-11,13,15-19H2,1-2H3,(H,31,34)/t24-,25?,26?/m0/s1. The van der Waals surface area contributed by atoms with Crippen molar-refractivity contribution < 1.29 is 9.59 Å². The third kappa shape index (κ3) is 5.27. The highest BCUT2D eigenvalue weighted by Gasteiger charge is 2.42. The molecule has 1 aromatic heterocycles. The molecule has 2 aromatic rings. The molecule has 1 aromatic carbocycles. The summed E-state index contributed by atoms with van der Waals surface area (Å²) in [5.41, 5.74) is 3.79. The lowest BCUT2D eigenvalue weighted by atomic mass is 10.0. The van der Waals surface area contributed by atoms with Gasteiger partial charge in [-0.3, -0.25) is 14.6 Å². The second kappa shape index (κ2) is 10.5. The first kappa shape index (κ1) is 24.0. The minimum Gasteiger partial charge on any atom is -0.349 e. The van der Waals surface area contributed by atoms with E-state index >= 15 is 0 Å². The van der Waals surface area contributed by atoms with Crippen LogP contribution in [0.3, 0.4) is 0 Å². The lowest BCUT2D eigenvalue weighted by Crippen LogP contribution is -2.37. The largest absolute Gasteiger partial charge is 0.349 e. The summed E-state index contributed by atoms with van der Waals surface area (Å²) < 4.78 is 0. The van der Waals surface area contributed by atoms with Crippen LogP contribution in [0, 0.1) is 31.6 Å². The van der Waals surface area contributed by atoms with E-state index in [1.165, 1.54) is 18.4 Å². The summed E-state index contributed by atoms with van der Waals surface area (Å²) in [7, 11) is 0. The van der Waals surface area contributed by atoms with Crippen molar-refractivity contribution in [3.8, 4) is 0 Å². The molecule has 3 fully saturated rings. The molecular formula is C29H38N4O2. The maximum Gasteiger partial charge on any atom is 0.255 e. The van der Waals surface area contributed by atoms with Gasteiger partial charge >= 0.3 is 0 Å². The number of nitrogens with one attached hydrogen (secondary N) is 1. The highest BCUT2D eigenvalue weighted by Crippen LogP contribution is 2.33. The lowest BCUT2D eigenvalue weighted by molar-refractivity contribution is -0.125. The molecule has 2 amide bonds. The van der Waals surface area contributed by atoms with E-state index in [1.54, 1.807) is 6.20 Å². The van der Waals surface area contributed by atoms with Gasteiger partial charge in [0.15, 0.2) is 0 Å². The number of benzene rings is 1. The van der Waals surface area contributed by atoms with Crippen molar-refractivity contribution in [2.75, 3.05) is 32.7 Å². The molecule has 3 aliphatic rings. The van der Waals surface area contributed by atoms with Gasteiger partial charge in [0.25, 0.3) is 5.91 Å². The van der Waals surface area contributed by atoms with Crippen molar-refractivity contribution in [3.05, 3.63) is 65.0 Å². The Kier molecular flexibility index (Phi) is 7.19. The first-order valence-corrected chi connectivity index (χ1v) is 13.3. The molecule has 1 N–H and O–H groups in total. The van der Waals surface area contributed by atoms with E-state index in [4.69, 9.17) is 0 Å². The van der Waals surface area contributed by atoms with E-state index in [1.807, 2.05) is 30.9 Å². The minimum atomic E-state index is 0.0550. The third-order valence-electron chi connectivity index (χ3n) is 8.39. The van der Waals surface area contributed by atoms with Crippen LogP contribution < -0.4 is 5.32 Å². The Morgan fingerprint density at radius 1 is 1.00 bits per heavy atom. The van der Waals surface area contributed by atoms with Gasteiger partial charge in [0.2, 0.25) is 5.91 Å². The van der Waals surface area contributed by atoms with Crippen LogP contribution in [-0.4, -0.2) is 59.3 Å². The predicted molar refractivity (Wildman–Crippen MR) is 137 cm³/mol. The molecule has 3 atom stereocenters. The van der Waals surface area contributed by atoms with E-state index in [0.717, 1.165) is 68.8 Å². The maximum absolute atomic E-state index is 13.2. The number of fused-ring (bicyclic) bond motifs is 1. The van der Waals surface area contributed by atoms with Crippen LogP contribution in [0.25, 0.3) is 0 Å². The summed E-state index contributed by atoms with van der Waals surface area (Å²) in [6.45, 7) is 8.59. The third-order valence-corrected chi connectivity index (χ3v) is 8.39. The van der Waals surface area contributed by atoms with Gasteiger partial charge in [-0.2, -0.15) is 0 Å². The Hall–Kier alpha value is -2.73. The summed E-state index contributed by atoms with van der Waals surface area (Å²) in [4.78, 5) is 35.0. The molecule has 1 saturated carbocycles. The Bertz CT molecular complexity index is 1020. The Labute approximate surface area is 209 Å². The van der Waals surface area contributed by atoms with Gasteiger partial charge in [-0.05, 0) is 62.1 Å². The van der Waals surface area contributed by atoms with E-state index in [0.29, 0.717) is 11.8 Å². The van der Waals surface area contributed by atoms with Gasteiger partial charge in [0.1, 0.15) is 0 Å². The van der Waals surface area contributed by atoms with Crippen LogP contribution >= 0.6 is 0 Å². The smallest absolute Gasteiger partial charge is 0.255 e. The maximum atomic E-state index is 13.2. The van der Waals surface area contributed by atoms with Gasteiger partial charge < -0.3 is 15.1 Å². The molecular weight excluding hydrogens is 436 g/mol. The zero-order valence-electron chi connectivity index (χ0n) is 21.1. The molecule has 186 valence electrons. The van der Waals surface area contributed by atoms with E-state index in [9.17, 15) is 9.59 Å². The van der Waals surface area contributed by atoms with E-state index < -0.39 is 0 Å². The second-order valence-electron chi connectivity index (χ2n) is 10.8. The second-order valence-corrected chi connectivity index (χ2v) is 10.8. The first-order valence-electron chi connectivity index (χ1n) is 13.3. The number of likely N-dealkylation sites (tertiary alicyclic amines) is 2. The van der Waals surface area contributed by atoms with Crippen molar-refractivity contribution in [2.24, 2.45) is 17.8 Å². The van der Waals surface area contributed by atoms with Crippen molar-refractivity contribution >= 4 is 11.8 Å². The van der Waals surface area contributed by atoms with Gasteiger partial charge in [0, 0.05) is 44.8 Å². The molecule has 35 heavy (non-hydrogen) atoms. The summed E-state index contributed by atoms with van der Waals surface area (Å²) in [6.07, 6.45) is 7.08. The molecule has 2 saturated heterocycles. The number of rotatable bonds is 7. The lowest BCUT2D eigenvalue weighted by Gasteiger charge is -2.26. The number of pyridine rings is 1. The number of carbonyl (C=O) groups excluding carboxylic acids is 2. The Morgan fingerprint density at radius 3 is 2.34 bits per heavy atom. The fourth-order valence-corrected chi connectivity index (χ4v) is 6.41. The van der Waals surface area contributed by atoms with Crippen LogP contribution in [0.5, 0.6) is 0 Å². The molecule has 6 nitrogen and oxygen atoms in total. The molecule has 1 aliphatic carbocycles. The fourth-order valence-electron chi connectivity index (χ4n) is 6.41. The van der Waals surface area contributed by atoms with Crippen LogP contribution in [0.2, 0.25) is 0 Å². The predicted octanol–water partition coefficient (Wildman–Crippen LogP) is 4.14. The van der Waals surface area contributed by atoms with Crippen molar-refractivity contribution in [3.63, 3.8) is 0 Å². The molecule has 0 spiro atoms. The quantitative estimate of drug-likeness (QED) is 0.655. The number of aryl methyl sites for hydroxylation is 2. The number of carbonyl (C=O) groups is 2.